The van der Waals surface area contributed by atoms with Gasteiger partial charge in [-0.1, -0.05) is 30.3 Å². The molecule has 0 N–H and O–H groups in total. The highest BCUT2D eigenvalue weighted by Crippen LogP contribution is 2.46. The summed E-state index contributed by atoms with van der Waals surface area (Å²) in [6.07, 6.45) is 2.89. The average molecular weight is 317 g/mol. The largest absolute Gasteiger partial charge is 0.469 e. The predicted octanol–water partition coefficient (Wildman–Crippen LogP) is 3.13. The molecule has 1 amide bonds. The first-order chi connectivity index (χ1) is 11.0. The molecule has 0 spiro atoms. The number of fused-ring (bicyclic) bond motifs is 2. The van der Waals surface area contributed by atoms with Crippen LogP contribution in [0.25, 0.3) is 0 Å². The van der Waals surface area contributed by atoms with Crippen LogP contribution in [0.5, 0.6) is 0 Å². The molecule has 0 aromatic heterocycles. The van der Waals surface area contributed by atoms with Crippen molar-refractivity contribution in [3.05, 3.63) is 35.9 Å². The number of hydrogen-bond acceptors (Lipinski definition) is 4. The third-order valence-electron chi connectivity index (χ3n) is 5.09. The summed E-state index contributed by atoms with van der Waals surface area (Å²) in [5.74, 6) is -0.174. The van der Waals surface area contributed by atoms with E-state index >= 15 is 0 Å². The van der Waals surface area contributed by atoms with Crippen molar-refractivity contribution in [3.63, 3.8) is 0 Å². The first kappa shape index (κ1) is 15.8. The van der Waals surface area contributed by atoms with E-state index in [-0.39, 0.29) is 30.8 Å². The number of amides is 1. The lowest BCUT2D eigenvalue weighted by Gasteiger charge is -2.42. The molecule has 2 aliphatic rings. The summed E-state index contributed by atoms with van der Waals surface area (Å²) >= 11 is 0. The number of carbonyl (C=O) groups excluding carboxylic acids is 2. The van der Waals surface area contributed by atoms with Crippen LogP contribution in [-0.2, 0) is 20.9 Å². The number of hydrogen-bond donors (Lipinski definition) is 0. The third kappa shape index (κ3) is 3.05. The normalized spacial score (nSPS) is 29.2. The van der Waals surface area contributed by atoms with Gasteiger partial charge in [0.05, 0.1) is 12.5 Å². The maximum absolute atomic E-state index is 12.5. The Labute approximate surface area is 136 Å². The van der Waals surface area contributed by atoms with Crippen LogP contribution in [0, 0.1) is 5.41 Å². The zero-order valence-corrected chi connectivity index (χ0v) is 13.7. The zero-order chi connectivity index (χ0) is 16.4. The molecule has 2 heterocycles. The third-order valence-corrected chi connectivity index (χ3v) is 5.09. The summed E-state index contributed by atoms with van der Waals surface area (Å²) in [4.78, 5) is 26.3. The van der Waals surface area contributed by atoms with Crippen LogP contribution < -0.4 is 0 Å². The summed E-state index contributed by atoms with van der Waals surface area (Å²) in [6, 6.07) is 9.80. The molecular formula is C18H23NO4. The predicted molar refractivity (Wildman–Crippen MR) is 84.6 cm³/mol. The minimum atomic E-state index is -0.489. The maximum Gasteiger partial charge on any atom is 0.410 e. The van der Waals surface area contributed by atoms with Gasteiger partial charge in [0.1, 0.15) is 6.61 Å². The van der Waals surface area contributed by atoms with Crippen molar-refractivity contribution in [1.29, 1.82) is 0 Å². The standard InChI is InChI=1S/C18H23NO4/c1-18(16(20)22-2)10-14-8-9-15(11-18)19(14)17(21)23-12-13-6-4-3-5-7-13/h3-7,14-15H,8-12H2,1-2H3. The molecule has 3 rings (SSSR count). The Morgan fingerprint density at radius 3 is 2.35 bits per heavy atom. The van der Waals surface area contributed by atoms with Crippen LogP contribution in [0.4, 0.5) is 4.79 Å². The van der Waals surface area contributed by atoms with Gasteiger partial charge in [-0.25, -0.2) is 4.79 Å². The van der Waals surface area contributed by atoms with Gasteiger partial charge in [-0.15, -0.1) is 0 Å². The van der Waals surface area contributed by atoms with Crippen molar-refractivity contribution in [1.82, 2.24) is 4.90 Å². The van der Waals surface area contributed by atoms with Gasteiger partial charge in [0.15, 0.2) is 0 Å². The van der Waals surface area contributed by atoms with Crippen LogP contribution in [0.15, 0.2) is 30.3 Å². The summed E-state index contributed by atoms with van der Waals surface area (Å²) in [7, 11) is 1.43. The van der Waals surface area contributed by atoms with E-state index in [0.29, 0.717) is 12.8 Å². The van der Waals surface area contributed by atoms with Crippen molar-refractivity contribution in [2.45, 2.75) is 51.3 Å². The number of esters is 1. The second-order valence-corrected chi connectivity index (χ2v) is 6.79. The van der Waals surface area contributed by atoms with E-state index in [1.54, 1.807) is 0 Å². The van der Waals surface area contributed by atoms with E-state index < -0.39 is 5.41 Å². The summed E-state index contributed by atoms with van der Waals surface area (Å²) in [5.41, 5.74) is 0.487. The fourth-order valence-corrected chi connectivity index (χ4v) is 3.99. The highest BCUT2D eigenvalue weighted by atomic mass is 16.6. The van der Waals surface area contributed by atoms with Crippen molar-refractivity contribution in [3.8, 4) is 0 Å². The molecule has 2 saturated heterocycles. The minimum Gasteiger partial charge on any atom is -0.469 e. The second kappa shape index (κ2) is 6.22. The summed E-state index contributed by atoms with van der Waals surface area (Å²) < 4.78 is 10.4. The fraction of sp³-hybridized carbons (Fsp3) is 0.556. The minimum absolute atomic E-state index is 0.0705. The van der Waals surface area contributed by atoms with E-state index in [1.807, 2.05) is 42.2 Å². The van der Waals surface area contributed by atoms with Crippen LogP contribution in [-0.4, -0.2) is 36.2 Å². The van der Waals surface area contributed by atoms with Gasteiger partial charge >= 0.3 is 12.1 Å². The Morgan fingerprint density at radius 2 is 1.78 bits per heavy atom. The first-order valence-electron chi connectivity index (χ1n) is 8.11. The molecule has 2 unspecified atom stereocenters. The lowest BCUT2D eigenvalue weighted by Crippen LogP contribution is -2.52. The monoisotopic (exact) mass is 317 g/mol. The molecule has 1 aromatic rings. The number of nitrogens with zero attached hydrogens (tertiary/aromatic N) is 1. The van der Waals surface area contributed by atoms with E-state index in [0.717, 1.165) is 18.4 Å². The Balaban J connectivity index is 1.64. The molecule has 5 heteroatoms. The highest BCUT2D eigenvalue weighted by molar-refractivity contribution is 5.77. The zero-order valence-electron chi connectivity index (χ0n) is 13.7. The molecule has 2 fully saturated rings. The van der Waals surface area contributed by atoms with Crippen molar-refractivity contribution in [2.24, 2.45) is 5.41 Å². The SMILES string of the molecule is COC(=O)C1(C)CC2CCC(C1)N2C(=O)OCc1ccccc1. The fourth-order valence-electron chi connectivity index (χ4n) is 3.99. The van der Waals surface area contributed by atoms with E-state index in [2.05, 4.69) is 0 Å². The molecule has 5 nitrogen and oxygen atoms in total. The number of methoxy groups -OCH3 is 1. The molecule has 0 aliphatic carbocycles. The lowest BCUT2D eigenvalue weighted by atomic mass is 9.76. The van der Waals surface area contributed by atoms with Gasteiger partial charge in [-0.05, 0) is 38.2 Å². The molecular weight excluding hydrogens is 294 g/mol. The first-order valence-corrected chi connectivity index (χ1v) is 8.11. The van der Waals surface area contributed by atoms with E-state index in [1.165, 1.54) is 7.11 Å². The van der Waals surface area contributed by atoms with E-state index in [9.17, 15) is 9.59 Å². The molecule has 23 heavy (non-hydrogen) atoms. The number of piperidine rings is 1. The van der Waals surface area contributed by atoms with Gasteiger partial charge in [0, 0.05) is 12.1 Å². The van der Waals surface area contributed by atoms with E-state index in [4.69, 9.17) is 9.47 Å². The summed E-state index contributed by atoms with van der Waals surface area (Å²) in [5, 5.41) is 0. The molecule has 0 radical (unpaired) electrons. The quantitative estimate of drug-likeness (QED) is 0.804. The second-order valence-electron chi connectivity index (χ2n) is 6.79. The smallest absolute Gasteiger partial charge is 0.410 e. The number of benzene rings is 1. The molecule has 1 aromatic carbocycles. The van der Waals surface area contributed by atoms with Gasteiger partial charge < -0.3 is 14.4 Å². The Bertz CT molecular complexity index is 572. The molecule has 2 bridgehead atoms. The lowest BCUT2D eigenvalue weighted by molar-refractivity contribution is -0.156. The number of rotatable bonds is 3. The van der Waals surface area contributed by atoms with Crippen molar-refractivity contribution in [2.75, 3.05) is 7.11 Å². The number of ether oxygens (including phenoxy) is 2. The van der Waals surface area contributed by atoms with Gasteiger partial charge in [0.25, 0.3) is 0 Å². The molecule has 2 aliphatic heterocycles. The summed E-state index contributed by atoms with van der Waals surface area (Å²) in [6.45, 7) is 2.22. The van der Waals surface area contributed by atoms with Crippen LogP contribution in [0.2, 0.25) is 0 Å². The Hall–Kier alpha value is -2.04. The van der Waals surface area contributed by atoms with Crippen molar-refractivity contribution < 1.29 is 19.1 Å². The Kier molecular flexibility index (Phi) is 4.28. The molecule has 2 atom stereocenters. The van der Waals surface area contributed by atoms with Crippen LogP contribution in [0.1, 0.15) is 38.2 Å². The topological polar surface area (TPSA) is 55.8 Å². The molecule has 124 valence electrons. The van der Waals surface area contributed by atoms with Crippen LogP contribution >= 0.6 is 0 Å². The average Bonchev–Trinajstić information content (AvgIpc) is 2.85. The molecule has 0 saturated carbocycles. The number of carbonyl (C=O) groups is 2. The maximum atomic E-state index is 12.5. The highest BCUT2D eigenvalue weighted by Gasteiger charge is 2.52. The van der Waals surface area contributed by atoms with Crippen LogP contribution in [0.3, 0.4) is 0 Å². The van der Waals surface area contributed by atoms with Gasteiger partial charge in [0.2, 0.25) is 0 Å². The van der Waals surface area contributed by atoms with Gasteiger partial charge in [-0.2, -0.15) is 0 Å². The van der Waals surface area contributed by atoms with Gasteiger partial charge in [-0.3, -0.25) is 4.79 Å². The Morgan fingerprint density at radius 1 is 1.17 bits per heavy atom. The van der Waals surface area contributed by atoms with Crippen molar-refractivity contribution >= 4 is 12.1 Å².